The van der Waals surface area contributed by atoms with Crippen molar-refractivity contribution in [2.24, 2.45) is 0 Å². The number of nitrogen functional groups attached to an aromatic ring is 1. The van der Waals surface area contributed by atoms with Crippen LogP contribution in [0.15, 0.2) is 60.8 Å². The zero-order valence-electron chi connectivity index (χ0n) is 23.5. The molecule has 0 amide bonds. The number of nitriles is 1. The van der Waals surface area contributed by atoms with Crippen LogP contribution in [0.3, 0.4) is 0 Å². The lowest BCUT2D eigenvalue weighted by Crippen LogP contribution is -2.25. The second-order valence-corrected chi connectivity index (χ2v) is 11.4. The molecule has 6 nitrogen and oxygen atoms in total. The van der Waals surface area contributed by atoms with Crippen LogP contribution in [0.1, 0.15) is 73.9 Å². The van der Waals surface area contributed by atoms with E-state index in [1.807, 2.05) is 30.3 Å². The SMILES string of the molecule is C=c1/c(=C/c2ccc(OCCCCCCSC#N)c(N)c2)nc2c(Cc3ccccc3)nc(C3=CCCCC3)cn12. The zero-order chi connectivity index (χ0) is 28.4. The Balaban J connectivity index is 1.38. The Kier molecular flexibility index (Phi) is 9.77. The summed E-state index contributed by atoms with van der Waals surface area (Å²) in [7, 11) is 0. The lowest BCUT2D eigenvalue weighted by molar-refractivity contribution is 0.306. The average Bonchev–Trinajstić information content (AvgIpc) is 3.31. The van der Waals surface area contributed by atoms with Gasteiger partial charge < -0.3 is 10.5 Å². The molecule has 7 heteroatoms. The van der Waals surface area contributed by atoms with Crippen molar-refractivity contribution in [2.75, 3.05) is 18.1 Å². The van der Waals surface area contributed by atoms with Crippen LogP contribution in [0.4, 0.5) is 5.69 Å². The summed E-state index contributed by atoms with van der Waals surface area (Å²) in [6.45, 7) is 5.04. The highest BCUT2D eigenvalue weighted by molar-refractivity contribution is 8.03. The van der Waals surface area contributed by atoms with Crippen molar-refractivity contribution in [3.8, 4) is 11.2 Å². The Morgan fingerprint density at radius 3 is 2.71 bits per heavy atom. The first-order chi connectivity index (χ1) is 20.1. The maximum atomic E-state index is 8.59. The number of nitrogens with two attached hydrogens (primary N) is 1. The lowest BCUT2D eigenvalue weighted by Gasteiger charge is -2.14. The molecular weight excluding hydrogens is 526 g/mol. The zero-order valence-corrected chi connectivity index (χ0v) is 24.3. The van der Waals surface area contributed by atoms with Crippen molar-refractivity contribution in [3.05, 3.63) is 94.0 Å². The minimum absolute atomic E-state index is 0.608. The molecular formula is C34H37N5OS. The molecule has 0 fully saturated rings. The number of hydrogen-bond acceptors (Lipinski definition) is 6. The summed E-state index contributed by atoms with van der Waals surface area (Å²) in [4.78, 5) is 10.1. The Morgan fingerprint density at radius 1 is 1.07 bits per heavy atom. The highest BCUT2D eigenvalue weighted by Gasteiger charge is 2.15. The fraction of sp³-hybridized carbons (Fsp3) is 0.324. The number of hydrogen-bond donors (Lipinski definition) is 1. The molecule has 0 aliphatic heterocycles. The van der Waals surface area contributed by atoms with E-state index in [-0.39, 0.29) is 0 Å². The fourth-order valence-corrected chi connectivity index (χ4v) is 5.67. The maximum absolute atomic E-state index is 8.59. The molecule has 2 N–H and O–H groups in total. The molecule has 0 atom stereocenters. The number of thiocyanates is 1. The van der Waals surface area contributed by atoms with E-state index in [1.165, 1.54) is 35.7 Å². The van der Waals surface area contributed by atoms with Crippen LogP contribution in [0.25, 0.3) is 23.9 Å². The van der Waals surface area contributed by atoms with E-state index in [0.29, 0.717) is 24.5 Å². The van der Waals surface area contributed by atoms with Crippen molar-refractivity contribution in [3.63, 3.8) is 0 Å². The van der Waals surface area contributed by atoms with Gasteiger partial charge in [-0.3, -0.25) is 4.40 Å². The molecule has 0 saturated heterocycles. The van der Waals surface area contributed by atoms with Crippen LogP contribution in [0, 0.1) is 10.7 Å². The highest BCUT2D eigenvalue weighted by atomic mass is 32.2. The highest BCUT2D eigenvalue weighted by Crippen LogP contribution is 2.27. The number of ether oxygens (including phenoxy) is 1. The fourth-order valence-electron chi connectivity index (χ4n) is 5.23. The van der Waals surface area contributed by atoms with Gasteiger partial charge in [-0.05, 0) is 85.2 Å². The second kappa shape index (κ2) is 14.0. The summed E-state index contributed by atoms with van der Waals surface area (Å²) in [5.41, 5.74) is 13.2. The van der Waals surface area contributed by atoms with Crippen molar-refractivity contribution >= 4 is 41.3 Å². The number of thioether (sulfide) groups is 1. The van der Waals surface area contributed by atoms with E-state index in [2.05, 4.69) is 52.9 Å². The molecule has 0 bridgehead atoms. The average molecular weight is 564 g/mol. The van der Waals surface area contributed by atoms with Gasteiger partial charge in [0, 0.05) is 18.4 Å². The van der Waals surface area contributed by atoms with Gasteiger partial charge in [0.1, 0.15) is 11.2 Å². The Morgan fingerprint density at radius 2 is 1.93 bits per heavy atom. The minimum Gasteiger partial charge on any atom is -0.491 e. The predicted octanol–water partition coefficient (Wildman–Crippen LogP) is 6.25. The van der Waals surface area contributed by atoms with Gasteiger partial charge in [0.25, 0.3) is 0 Å². The molecule has 210 valence electrons. The summed E-state index contributed by atoms with van der Waals surface area (Å²) in [5.74, 6) is 1.60. The molecule has 0 saturated carbocycles. The van der Waals surface area contributed by atoms with Gasteiger partial charge in [-0.2, -0.15) is 5.26 Å². The van der Waals surface area contributed by atoms with Gasteiger partial charge in [0.05, 0.1) is 34.4 Å². The third-order valence-electron chi connectivity index (χ3n) is 7.44. The number of aromatic nitrogens is 3. The van der Waals surface area contributed by atoms with E-state index in [9.17, 15) is 0 Å². The molecule has 4 aromatic rings. The Hall–Kier alpha value is -4.02. The monoisotopic (exact) mass is 563 g/mol. The van der Waals surface area contributed by atoms with Crippen LogP contribution in [-0.2, 0) is 6.42 Å². The van der Waals surface area contributed by atoms with Crippen molar-refractivity contribution < 1.29 is 4.74 Å². The van der Waals surface area contributed by atoms with Crippen LogP contribution in [0.5, 0.6) is 5.75 Å². The van der Waals surface area contributed by atoms with E-state index < -0.39 is 0 Å². The summed E-state index contributed by atoms with van der Waals surface area (Å²) in [6.07, 6.45) is 16.0. The van der Waals surface area contributed by atoms with E-state index >= 15 is 0 Å². The normalized spacial score (nSPS) is 13.7. The predicted molar refractivity (Wildman–Crippen MR) is 170 cm³/mol. The van der Waals surface area contributed by atoms with Gasteiger partial charge >= 0.3 is 0 Å². The number of nitrogens with zero attached hydrogens (tertiary/aromatic N) is 4. The molecule has 0 spiro atoms. The van der Waals surface area contributed by atoms with E-state index in [4.69, 9.17) is 25.7 Å². The molecule has 41 heavy (non-hydrogen) atoms. The van der Waals surface area contributed by atoms with Crippen LogP contribution >= 0.6 is 11.8 Å². The van der Waals surface area contributed by atoms with Crippen LogP contribution in [-0.4, -0.2) is 26.7 Å². The van der Waals surface area contributed by atoms with Crippen LogP contribution < -0.4 is 21.2 Å². The third-order valence-corrected chi connectivity index (χ3v) is 8.06. The first kappa shape index (κ1) is 28.5. The number of anilines is 1. The maximum Gasteiger partial charge on any atom is 0.160 e. The number of fused-ring (bicyclic) bond motifs is 1. The molecule has 2 aromatic heterocycles. The summed E-state index contributed by atoms with van der Waals surface area (Å²) in [6, 6.07) is 16.3. The standard InChI is InChI=1S/C34H37N5OS/c1-25-30(22-27-16-17-33(29(36)20-27)40-18-10-2-3-11-19-41-24-35)38-34-31(21-26-12-6-4-7-13-26)37-32(23-39(25)34)28-14-8-5-9-15-28/h4,6-7,12-14,16-17,20,22-23H,1-3,5,8-11,15,18-19,21,36H2/b30-22-. The first-order valence-corrected chi connectivity index (χ1v) is 15.5. The molecule has 2 heterocycles. The molecule has 0 unspecified atom stereocenters. The number of allylic oxidation sites excluding steroid dienone is 2. The number of benzene rings is 2. The molecule has 2 aromatic carbocycles. The van der Waals surface area contributed by atoms with Gasteiger partial charge in [-0.25, -0.2) is 9.97 Å². The smallest absolute Gasteiger partial charge is 0.160 e. The molecule has 0 radical (unpaired) electrons. The Labute approximate surface area is 246 Å². The number of imidazole rings is 1. The van der Waals surface area contributed by atoms with E-state index in [1.54, 1.807) is 0 Å². The van der Waals surface area contributed by atoms with Gasteiger partial charge in [0.15, 0.2) is 5.65 Å². The van der Waals surface area contributed by atoms with Gasteiger partial charge in [-0.15, -0.1) is 0 Å². The summed E-state index contributed by atoms with van der Waals surface area (Å²) >= 11 is 1.32. The largest absolute Gasteiger partial charge is 0.491 e. The first-order valence-electron chi connectivity index (χ1n) is 14.5. The minimum atomic E-state index is 0.608. The number of unbranched alkanes of at least 4 members (excludes halogenated alkanes) is 3. The van der Waals surface area contributed by atoms with E-state index in [0.717, 1.165) is 77.6 Å². The number of rotatable bonds is 12. The molecule has 1 aliphatic carbocycles. The van der Waals surface area contributed by atoms with Gasteiger partial charge in [-0.1, -0.05) is 61.9 Å². The van der Waals surface area contributed by atoms with Crippen molar-refractivity contribution in [1.29, 1.82) is 5.26 Å². The quantitative estimate of drug-likeness (QED) is 0.124. The Bertz CT molecular complexity index is 1670. The lowest BCUT2D eigenvalue weighted by atomic mass is 9.97. The molecule has 5 rings (SSSR count). The molecule has 1 aliphatic rings. The van der Waals surface area contributed by atoms with Gasteiger partial charge in [0.2, 0.25) is 0 Å². The van der Waals surface area contributed by atoms with Crippen LogP contribution in [0.2, 0.25) is 0 Å². The second-order valence-electron chi connectivity index (χ2n) is 10.5. The van der Waals surface area contributed by atoms with Crippen molar-refractivity contribution in [2.45, 2.75) is 57.8 Å². The topological polar surface area (TPSA) is 89.2 Å². The third kappa shape index (κ3) is 7.39. The summed E-state index contributed by atoms with van der Waals surface area (Å²) in [5, 5.41) is 12.3. The summed E-state index contributed by atoms with van der Waals surface area (Å²) < 4.78 is 8.04. The van der Waals surface area contributed by atoms with Crippen molar-refractivity contribution in [1.82, 2.24) is 14.4 Å².